The molecule has 6 nitrogen and oxygen atoms in total. The lowest BCUT2D eigenvalue weighted by molar-refractivity contribution is -0.142. The van der Waals surface area contributed by atoms with Gasteiger partial charge in [0.25, 0.3) is 5.91 Å². The number of rotatable bonds is 12. The number of methoxy groups -OCH3 is 1. The van der Waals surface area contributed by atoms with Crippen LogP contribution in [0.1, 0.15) is 24.5 Å². The molecule has 0 bridgehead atoms. The molecule has 0 fully saturated rings. The Bertz CT molecular complexity index is 1140. The summed E-state index contributed by atoms with van der Waals surface area (Å²) in [7, 11) is 1.53. The van der Waals surface area contributed by atoms with Crippen molar-refractivity contribution in [2.24, 2.45) is 0 Å². The first-order valence-corrected chi connectivity index (χ1v) is 12.5. The molecular weight excluding hydrogens is 499 g/mol. The molecule has 0 spiro atoms. The van der Waals surface area contributed by atoms with Crippen LogP contribution < -0.4 is 14.8 Å². The van der Waals surface area contributed by atoms with Gasteiger partial charge in [-0.2, -0.15) is 0 Å². The van der Waals surface area contributed by atoms with Crippen LogP contribution in [0.5, 0.6) is 11.5 Å². The van der Waals surface area contributed by atoms with Gasteiger partial charge in [0, 0.05) is 35.1 Å². The van der Waals surface area contributed by atoms with Crippen LogP contribution in [0.3, 0.4) is 0 Å². The van der Waals surface area contributed by atoms with E-state index in [4.69, 9.17) is 32.7 Å². The zero-order valence-corrected chi connectivity index (χ0v) is 21.9. The Labute approximate surface area is 222 Å². The van der Waals surface area contributed by atoms with Crippen LogP contribution in [0.15, 0.2) is 72.8 Å². The van der Waals surface area contributed by atoms with Crippen LogP contribution >= 0.6 is 23.2 Å². The third kappa shape index (κ3) is 7.39. The summed E-state index contributed by atoms with van der Waals surface area (Å²) < 4.78 is 11.1. The molecule has 0 radical (unpaired) electrons. The van der Waals surface area contributed by atoms with E-state index in [0.29, 0.717) is 40.1 Å². The van der Waals surface area contributed by atoms with Gasteiger partial charge in [-0.15, -0.1) is 0 Å². The van der Waals surface area contributed by atoms with E-state index < -0.39 is 6.04 Å². The van der Waals surface area contributed by atoms with Crippen molar-refractivity contribution < 1.29 is 19.1 Å². The molecule has 0 aliphatic carbocycles. The van der Waals surface area contributed by atoms with Gasteiger partial charge in [0.2, 0.25) is 5.91 Å². The Kier molecular flexibility index (Phi) is 10.5. The lowest BCUT2D eigenvalue weighted by Crippen LogP contribution is -2.51. The van der Waals surface area contributed by atoms with Crippen LogP contribution in [0.2, 0.25) is 10.0 Å². The number of nitrogens with zero attached hydrogens (tertiary/aromatic N) is 1. The second kappa shape index (κ2) is 13.8. The van der Waals surface area contributed by atoms with Gasteiger partial charge in [-0.05, 0) is 36.2 Å². The summed E-state index contributed by atoms with van der Waals surface area (Å²) in [6.07, 6.45) is 1.09. The minimum atomic E-state index is -0.806. The lowest BCUT2D eigenvalue weighted by Gasteiger charge is -2.32. The van der Waals surface area contributed by atoms with Crippen molar-refractivity contribution in [2.45, 2.75) is 32.4 Å². The maximum Gasteiger partial charge on any atom is 0.261 e. The fourth-order valence-corrected chi connectivity index (χ4v) is 4.25. The van der Waals surface area contributed by atoms with Crippen molar-refractivity contribution in [3.05, 3.63) is 94.0 Å². The van der Waals surface area contributed by atoms with Crippen LogP contribution in [0.4, 0.5) is 0 Å². The Hall–Kier alpha value is -3.22. The third-order valence-electron chi connectivity index (χ3n) is 5.63. The maximum atomic E-state index is 13.6. The highest BCUT2D eigenvalue weighted by atomic mass is 35.5. The van der Waals surface area contributed by atoms with Gasteiger partial charge in [-0.3, -0.25) is 9.59 Å². The predicted molar refractivity (Wildman–Crippen MR) is 143 cm³/mol. The van der Waals surface area contributed by atoms with Gasteiger partial charge < -0.3 is 19.7 Å². The Balaban J connectivity index is 1.95. The minimum Gasteiger partial charge on any atom is -0.493 e. The third-order valence-corrected chi connectivity index (χ3v) is 6.34. The van der Waals surface area contributed by atoms with E-state index in [0.717, 1.165) is 12.0 Å². The average Bonchev–Trinajstić information content (AvgIpc) is 2.90. The fraction of sp³-hybridized carbons (Fsp3) is 0.286. The van der Waals surface area contributed by atoms with Crippen molar-refractivity contribution in [3.8, 4) is 11.5 Å². The molecule has 0 saturated carbocycles. The molecule has 0 aromatic heterocycles. The number of ether oxygens (including phenoxy) is 2. The largest absolute Gasteiger partial charge is 0.493 e. The molecule has 3 aromatic rings. The number of carbonyl (C=O) groups is 2. The SMILES string of the molecule is CCCNC(=O)[C@@H](Cc1ccccc1)N(Cc1c(Cl)cccc1Cl)C(=O)COc1ccccc1OC. The summed E-state index contributed by atoms with van der Waals surface area (Å²) >= 11 is 12.9. The average molecular weight is 529 g/mol. The first-order chi connectivity index (χ1) is 17.4. The molecule has 190 valence electrons. The smallest absolute Gasteiger partial charge is 0.261 e. The zero-order chi connectivity index (χ0) is 25.9. The van der Waals surface area contributed by atoms with Crippen molar-refractivity contribution in [3.63, 3.8) is 0 Å². The standard InChI is InChI=1S/C28H30Cl2N2O4/c1-3-16-31-28(34)24(17-20-10-5-4-6-11-20)32(18-21-22(29)12-9-13-23(21)30)27(33)19-36-26-15-8-7-14-25(26)35-2/h4-15,24H,3,16-19H2,1-2H3,(H,31,34)/t24-/m1/s1. The monoisotopic (exact) mass is 528 g/mol. The molecular formula is C28H30Cl2N2O4. The summed E-state index contributed by atoms with van der Waals surface area (Å²) in [5.74, 6) is 0.297. The van der Waals surface area contributed by atoms with E-state index in [1.807, 2.05) is 43.3 Å². The van der Waals surface area contributed by atoms with E-state index in [1.165, 1.54) is 12.0 Å². The van der Waals surface area contributed by atoms with Gasteiger partial charge in [-0.1, -0.05) is 78.7 Å². The highest BCUT2D eigenvalue weighted by molar-refractivity contribution is 6.36. The Morgan fingerprint density at radius 1 is 0.917 bits per heavy atom. The van der Waals surface area contributed by atoms with E-state index in [9.17, 15) is 9.59 Å². The Morgan fingerprint density at radius 2 is 1.56 bits per heavy atom. The maximum absolute atomic E-state index is 13.6. The van der Waals surface area contributed by atoms with E-state index in [2.05, 4.69) is 5.32 Å². The second-order valence-electron chi connectivity index (χ2n) is 8.16. The number of hydrogen-bond acceptors (Lipinski definition) is 4. The van der Waals surface area contributed by atoms with Gasteiger partial charge in [0.1, 0.15) is 6.04 Å². The van der Waals surface area contributed by atoms with Crippen molar-refractivity contribution in [1.82, 2.24) is 10.2 Å². The number of para-hydroxylation sites is 2. The molecule has 3 rings (SSSR count). The Morgan fingerprint density at radius 3 is 2.19 bits per heavy atom. The number of carbonyl (C=O) groups excluding carboxylic acids is 2. The van der Waals surface area contributed by atoms with Gasteiger partial charge in [0.05, 0.1) is 7.11 Å². The molecule has 0 saturated heterocycles. The number of benzene rings is 3. The highest BCUT2D eigenvalue weighted by Crippen LogP contribution is 2.28. The quantitative estimate of drug-likeness (QED) is 0.334. The number of hydrogen-bond donors (Lipinski definition) is 1. The van der Waals surface area contributed by atoms with E-state index in [-0.39, 0.29) is 25.0 Å². The molecule has 2 amide bonds. The van der Waals surface area contributed by atoms with Crippen molar-refractivity contribution in [1.29, 1.82) is 0 Å². The molecule has 3 aromatic carbocycles. The first kappa shape index (κ1) is 27.4. The topological polar surface area (TPSA) is 67.9 Å². The molecule has 1 atom stereocenters. The predicted octanol–water partition coefficient (Wildman–Crippen LogP) is 5.55. The molecule has 8 heteroatoms. The first-order valence-electron chi connectivity index (χ1n) is 11.7. The normalized spacial score (nSPS) is 11.4. The van der Waals surface area contributed by atoms with Crippen LogP contribution in [0, 0.1) is 0 Å². The zero-order valence-electron chi connectivity index (χ0n) is 20.4. The molecule has 0 aliphatic rings. The number of amides is 2. The summed E-state index contributed by atoms with van der Waals surface area (Å²) in [6.45, 7) is 2.22. The molecule has 0 aliphatic heterocycles. The molecule has 1 N–H and O–H groups in total. The summed E-state index contributed by atoms with van der Waals surface area (Å²) in [5, 5.41) is 3.77. The highest BCUT2D eigenvalue weighted by Gasteiger charge is 2.31. The summed E-state index contributed by atoms with van der Waals surface area (Å²) in [5.41, 5.74) is 1.48. The summed E-state index contributed by atoms with van der Waals surface area (Å²) in [6, 6.07) is 21.0. The molecule has 36 heavy (non-hydrogen) atoms. The van der Waals surface area contributed by atoms with Gasteiger partial charge >= 0.3 is 0 Å². The second-order valence-corrected chi connectivity index (χ2v) is 8.97. The van der Waals surface area contributed by atoms with Gasteiger partial charge in [-0.25, -0.2) is 0 Å². The van der Waals surface area contributed by atoms with Crippen LogP contribution in [0.25, 0.3) is 0 Å². The summed E-state index contributed by atoms with van der Waals surface area (Å²) in [4.78, 5) is 28.5. The number of nitrogens with one attached hydrogen (secondary N) is 1. The number of halogens is 2. The van der Waals surface area contributed by atoms with Crippen LogP contribution in [-0.4, -0.2) is 43.0 Å². The van der Waals surface area contributed by atoms with E-state index >= 15 is 0 Å². The molecule has 0 unspecified atom stereocenters. The minimum absolute atomic E-state index is 0.0453. The van der Waals surface area contributed by atoms with Crippen molar-refractivity contribution >= 4 is 35.0 Å². The van der Waals surface area contributed by atoms with Crippen molar-refractivity contribution in [2.75, 3.05) is 20.3 Å². The fourth-order valence-electron chi connectivity index (χ4n) is 3.73. The van der Waals surface area contributed by atoms with E-state index in [1.54, 1.807) is 36.4 Å². The van der Waals surface area contributed by atoms with Crippen LogP contribution in [-0.2, 0) is 22.6 Å². The molecule has 0 heterocycles. The lowest BCUT2D eigenvalue weighted by atomic mass is 10.0. The van der Waals surface area contributed by atoms with Gasteiger partial charge in [0.15, 0.2) is 18.1 Å².